The summed E-state index contributed by atoms with van der Waals surface area (Å²) in [6.45, 7) is 3.72. The van der Waals surface area contributed by atoms with Crippen LogP contribution in [0.4, 0.5) is 10.5 Å². The molecule has 1 aliphatic rings. The summed E-state index contributed by atoms with van der Waals surface area (Å²) in [6.07, 6.45) is 0.888. The molecule has 0 aromatic heterocycles. The molecule has 1 fully saturated rings. The van der Waals surface area contributed by atoms with E-state index in [1.54, 1.807) is 31.3 Å². The van der Waals surface area contributed by atoms with Crippen molar-refractivity contribution in [1.29, 1.82) is 0 Å². The number of amides is 2. The summed E-state index contributed by atoms with van der Waals surface area (Å²) in [5.41, 5.74) is 2.55. The summed E-state index contributed by atoms with van der Waals surface area (Å²) >= 11 is 0. The van der Waals surface area contributed by atoms with Gasteiger partial charge in [0.2, 0.25) is 0 Å². The van der Waals surface area contributed by atoms with Crippen LogP contribution in [0.15, 0.2) is 36.4 Å². The fourth-order valence-corrected chi connectivity index (χ4v) is 3.17. The van der Waals surface area contributed by atoms with E-state index in [0.717, 1.165) is 23.2 Å². The molecular formula is C20H24N2O4. The van der Waals surface area contributed by atoms with E-state index in [2.05, 4.69) is 0 Å². The Kier molecular flexibility index (Phi) is 5.21. The van der Waals surface area contributed by atoms with Crippen LogP contribution in [0.2, 0.25) is 0 Å². The number of anilines is 1. The molecule has 0 spiro atoms. The molecule has 1 N–H and O–H groups in total. The molecule has 6 heteroatoms. The first-order valence-corrected chi connectivity index (χ1v) is 8.60. The molecule has 6 nitrogen and oxygen atoms in total. The summed E-state index contributed by atoms with van der Waals surface area (Å²) < 4.78 is 10.6. The minimum Gasteiger partial charge on any atom is -0.508 e. The molecule has 1 heterocycles. The second-order valence-electron chi connectivity index (χ2n) is 6.37. The molecular weight excluding hydrogens is 332 g/mol. The minimum absolute atomic E-state index is 0.0314. The van der Waals surface area contributed by atoms with Crippen LogP contribution >= 0.6 is 0 Å². The van der Waals surface area contributed by atoms with Crippen LogP contribution in [-0.4, -0.2) is 43.3 Å². The smallest absolute Gasteiger partial charge is 0.324 e. The number of hydrogen-bond acceptors (Lipinski definition) is 4. The number of nitrogens with zero attached hydrogens (tertiary/aromatic N) is 2. The summed E-state index contributed by atoms with van der Waals surface area (Å²) in [5, 5.41) is 9.71. The highest BCUT2D eigenvalue weighted by Gasteiger charge is 2.27. The van der Waals surface area contributed by atoms with Gasteiger partial charge in [0.15, 0.2) is 11.5 Å². The lowest BCUT2D eigenvalue weighted by Crippen LogP contribution is -2.49. The van der Waals surface area contributed by atoms with Crippen molar-refractivity contribution in [3.8, 4) is 17.2 Å². The highest BCUT2D eigenvalue weighted by molar-refractivity contribution is 5.93. The number of rotatable bonds is 5. The van der Waals surface area contributed by atoms with Crippen molar-refractivity contribution >= 4 is 11.7 Å². The normalized spacial score (nSPS) is 14.5. The Balaban J connectivity index is 1.78. The lowest BCUT2D eigenvalue weighted by molar-refractivity contribution is 0.192. The van der Waals surface area contributed by atoms with E-state index >= 15 is 0 Å². The number of urea groups is 1. The van der Waals surface area contributed by atoms with Crippen LogP contribution in [-0.2, 0) is 6.54 Å². The second-order valence-corrected chi connectivity index (χ2v) is 6.37. The molecule has 0 unspecified atom stereocenters. The Morgan fingerprint density at radius 1 is 1.04 bits per heavy atom. The number of aryl methyl sites for hydroxylation is 1. The van der Waals surface area contributed by atoms with Crippen LogP contribution in [0.25, 0.3) is 0 Å². The summed E-state index contributed by atoms with van der Waals surface area (Å²) in [4.78, 5) is 16.5. The molecule has 2 aromatic rings. The molecule has 2 amide bonds. The third-order valence-electron chi connectivity index (χ3n) is 4.62. The van der Waals surface area contributed by atoms with E-state index in [1.807, 2.05) is 36.1 Å². The van der Waals surface area contributed by atoms with Crippen LogP contribution < -0.4 is 14.4 Å². The SMILES string of the molecule is COc1ccc(CN2CCCN(c3ccc(O)c(C)c3)C2=O)cc1OC. The largest absolute Gasteiger partial charge is 0.508 e. The molecule has 0 aliphatic carbocycles. The maximum atomic E-state index is 12.9. The van der Waals surface area contributed by atoms with Gasteiger partial charge in [-0.2, -0.15) is 0 Å². The number of phenols is 1. The molecule has 0 bridgehead atoms. The zero-order chi connectivity index (χ0) is 18.7. The van der Waals surface area contributed by atoms with Gasteiger partial charge in [0, 0.05) is 25.3 Å². The Bertz CT molecular complexity index is 806. The summed E-state index contributed by atoms with van der Waals surface area (Å²) in [5.74, 6) is 1.56. The van der Waals surface area contributed by atoms with E-state index in [-0.39, 0.29) is 11.8 Å². The minimum atomic E-state index is -0.0314. The lowest BCUT2D eigenvalue weighted by Gasteiger charge is -2.36. The number of benzene rings is 2. The number of aromatic hydroxyl groups is 1. The Labute approximate surface area is 153 Å². The zero-order valence-corrected chi connectivity index (χ0v) is 15.4. The van der Waals surface area contributed by atoms with Crippen molar-refractivity contribution in [3.63, 3.8) is 0 Å². The summed E-state index contributed by atoms with van der Waals surface area (Å²) in [7, 11) is 3.20. The first-order valence-electron chi connectivity index (χ1n) is 8.60. The highest BCUT2D eigenvalue weighted by atomic mass is 16.5. The van der Waals surface area contributed by atoms with E-state index in [0.29, 0.717) is 31.1 Å². The highest BCUT2D eigenvalue weighted by Crippen LogP contribution is 2.30. The molecule has 1 saturated heterocycles. The number of methoxy groups -OCH3 is 2. The fourth-order valence-electron chi connectivity index (χ4n) is 3.17. The molecule has 0 atom stereocenters. The van der Waals surface area contributed by atoms with Gasteiger partial charge in [-0.05, 0) is 54.8 Å². The number of phenolic OH excluding ortho intramolecular Hbond substituents is 1. The van der Waals surface area contributed by atoms with E-state index in [9.17, 15) is 9.90 Å². The number of ether oxygens (including phenoxy) is 2. The lowest BCUT2D eigenvalue weighted by atomic mass is 10.1. The molecule has 26 heavy (non-hydrogen) atoms. The van der Waals surface area contributed by atoms with Gasteiger partial charge in [-0.15, -0.1) is 0 Å². The van der Waals surface area contributed by atoms with Gasteiger partial charge in [0.05, 0.1) is 14.2 Å². The van der Waals surface area contributed by atoms with Crippen molar-refractivity contribution in [2.45, 2.75) is 19.9 Å². The first-order chi connectivity index (χ1) is 12.5. The van der Waals surface area contributed by atoms with Gasteiger partial charge in [-0.1, -0.05) is 6.07 Å². The molecule has 2 aromatic carbocycles. The quantitative estimate of drug-likeness (QED) is 0.890. The molecule has 0 saturated carbocycles. The van der Waals surface area contributed by atoms with Crippen molar-refractivity contribution in [3.05, 3.63) is 47.5 Å². The maximum absolute atomic E-state index is 12.9. The van der Waals surface area contributed by atoms with E-state index in [4.69, 9.17) is 9.47 Å². The van der Waals surface area contributed by atoms with Crippen LogP contribution in [0.1, 0.15) is 17.5 Å². The van der Waals surface area contributed by atoms with Gasteiger partial charge in [0.1, 0.15) is 5.75 Å². The fraction of sp³-hybridized carbons (Fsp3) is 0.350. The average molecular weight is 356 g/mol. The Morgan fingerprint density at radius 2 is 1.81 bits per heavy atom. The first kappa shape index (κ1) is 17.9. The van der Waals surface area contributed by atoms with Gasteiger partial charge >= 0.3 is 6.03 Å². The van der Waals surface area contributed by atoms with E-state index < -0.39 is 0 Å². The monoisotopic (exact) mass is 356 g/mol. The Hall–Kier alpha value is -2.89. The number of hydrogen-bond donors (Lipinski definition) is 1. The van der Waals surface area contributed by atoms with Crippen molar-refractivity contribution in [2.75, 3.05) is 32.2 Å². The standard InChI is InChI=1S/C20H24N2O4/c1-14-11-16(6-7-17(14)23)22-10-4-9-21(20(22)24)13-15-5-8-18(25-2)19(12-15)26-3/h5-8,11-12,23H,4,9-10,13H2,1-3H3. The number of carbonyl (C=O) groups is 1. The second kappa shape index (κ2) is 7.56. The number of carbonyl (C=O) groups excluding carboxylic acids is 1. The van der Waals surface area contributed by atoms with Crippen LogP contribution in [0, 0.1) is 6.92 Å². The van der Waals surface area contributed by atoms with Gasteiger partial charge in [-0.25, -0.2) is 4.79 Å². The van der Waals surface area contributed by atoms with Gasteiger partial charge in [0.25, 0.3) is 0 Å². The van der Waals surface area contributed by atoms with Crippen LogP contribution in [0.5, 0.6) is 17.2 Å². The van der Waals surface area contributed by atoms with E-state index in [1.165, 1.54) is 0 Å². The molecule has 0 radical (unpaired) electrons. The predicted octanol–water partition coefficient (Wildman–Crippen LogP) is 3.55. The van der Waals surface area contributed by atoms with Crippen LogP contribution in [0.3, 0.4) is 0 Å². The summed E-state index contributed by atoms with van der Waals surface area (Å²) in [6, 6.07) is 10.9. The average Bonchev–Trinajstić information content (AvgIpc) is 2.65. The topological polar surface area (TPSA) is 62.2 Å². The van der Waals surface area contributed by atoms with Gasteiger partial charge in [-0.3, -0.25) is 4.90 Å². The van der Waals surface area contributed by atoms with Crippen molar-refractivity contribution in [1.82, 2.24) is 4.90 Å². The van der Waals surface area contributed by atoms with Crippen molar-refractivity contribution < 1.29 is 19.4 Å². The molecule has 138 valence electrons. The third kappa shape index (κ3) is 3.54. The molecule has 1 aliphatic heterocycles. The molecule has 3 rings (SSSR count). The predicted molar refractivity (Wildman–Crippen MR) is 100 cm³/mol. The van der Waals surface area contributed by atoms with Gasteiger partial charge < -0.3 is 19.5 Å². The third-order valence-corrected chi connectivity index (χ3v) is 4.62. The Morgan fingerprint density at radius 3 is 2.50 bits per heavy atom. The zero-order valence-electron chi connectivity index (χ0n) is 15.4. The maximum Gasteiger partial charge on any atom is 0.324 e. The van der Waals surface area contributed by atoms with Crippen molar-refractivity contribution in [2.24, 2.45) is 0 Å².